The second kappa shape index (κ2) is 5.00. The van der Waals surface area contributed by atoms with Crippen molar-refractivity contribution in [2.45, 2.75) is 26.3 Å². The molecule has 4 nitrogen and oxygen atoms in total. The van der Waals surface area contributed by atoms with Crippen LogP contribution in [0.2, 0.25) is 0 Å². The fraction of sp³-hybridized carbons (Fsp3) is 0.667. The van der Waals surface area contributed by atoms with Gasteiger partial charge < -0.3 is 15.4 Å². The van der Waals surface area contributed by atoms with Crippen LogP contribution in [0.1, 0.15) is 20.3 Å². The summed E-state index contributed by atoms with van der Waals surface area (Å²) in [5.74, 6) is 2.87. The average molecular weight is 261 g/mol. The Morgan fingerprint density at radius 3 is 2.68 bits per heavy atom. The van der Waals surface area contributed by atoms with Crippen LogP contribution in [0.15, 0.2) is 18.3 Å². The van der Waals surface area contributed by atoms with Crippen LogP contribution in [0.5, 0.6) is 0 Å². The molecular weight excluding hydrogens is 238 g/mol. The van der Waals surface area contributed by atoms with E-state index in [0.717, 1.165) is 31.6 Å². The number of pyridine rings is 1. The minimum Gasteiger partial charge on any atom is -0.384 e. The molecule has 2 aliphatic rings. The van der Waals surface area contributed by atoms with Crippen LogP contribution in [0.25, 0.3) is 0 Å². The van der Waals surface area contributed by atoms with Crippen molar-refractivity contribution in [3.05, 3.63) is 18.3 Å². The molecule has 2 saturated heterocycles. The molecule has 3 atom stereocenters. The number of nitrogens with two attached hydrogens (primary N) is 1. The quantitative estimate of drug-likeness (QED) is 0.886. The SMILES string of the molecule is C[C@H]1C(C2COC2)CCN(c2ccc(N)nc2)[C@H]1C. The molecule has 0 aliphatic carbocycles. The van der Waals surface area contributed by atoms with Crippen LogP contribution in [-0.2, 0) is 4.74 Å². The van der Waals surface area contributed by atoms with Gasteiger partial charge in [-0.25, -0.2) is 4.98 Å². The molecule has 1 aromatic heterocycles. The smallest absolute Gasteiger partial charge is 0.123 e. The number of anilines is 2. The molecule has 0 bridgehead atoms. The average Bonchev–Trinajstić information content (AvgIpc) is 2.35. The number of rotatable bonds is 2. The van der Waals surface area contributed by atoms with Gasteiger partial charge in [0.2, 0.25) is 0 Å². The molecule has 104 valence electrons. The van der Waals surface area contributed by atoms with Gasteiger partial charge in [-0.3, -0.25) is 0 Å². The molecule has 4 heteroatoms. The highest BCUT2D eigenvalue weighted by Crippen LogP contribution is 2.38. The zero-order valence-electron chi connectivity index (χ0n) is 11.7. The molecule has 3 rings (SSSR count). The van der Waals surface area contributed by atoms with Crippen LogP contribution in [0.4, 0.5) is 11.5 Å². The molecule has 1 unspecified atom stereocenters. The second-order valence-corrected chi connectivity index (χ2v) is 5.98. The number of nitrogen functional groups attached to an aromatic ring is 1. The molecule has 0 saturated carbocycles. The maximum Gasteiger partial charge on any atom is 0.123 e. The van der Waals surface area contributed by atoms with E-state index in [1.165, 1.54) is 12.1 Å². The van der Waals surface area contributed by atoms with E-state index in [-0.39, 0.29) is 0 Å². The van der Waals surface area contributed by atoms with Gasteiger partial charge in [0.25, 0.3) is 0 Å². The Balaban J connectivity index is 1.73. The summed E-state index contributed by atoms with van der Waals surface area (Å²) >= 11 is 0. The van der Waals surface area contributed by atoms with Gasteiger partial charge in [0, 0.05) is 18.5 Å². The van der Waals surface area contributed by atoms with E-state index in [0.29, 0.717) is 17.8 Å². The van der Waals surface area contributed by atoms with E-state index in [9.17, 15) is 0 Å². The molecule has 0 radical (unpaired) electrons. The van der Waals surface area contributed by atoms with E-state index in [4.69, 9.17) is 10.5 Å². The van der Waals surface area contributed by atoms with E-state index in [1.54, 1.807) is 0 Å². The van der Waals surface area contributed by atoms with Crippen molar-refractivity contribution in [1.82, 2.24) is 4.98 Å². The Kier molecular flexibility index (Phi) is 3.35. The van der Waals surface area contributed by atoms with Crippen molar-refractivity contribution in [2.75, 3.05) is 30.4 Å². The lowest BCUT2D eigenvalue weighted by Crippen LogP contribution is -2.51. The van der Waals surface area contributed by atoms with Crippen LogP contribution in [0.3, 0.4) is 0 Å². The van der Waals surface area contributed by atoms with Crippen LogP contribution in [-0.4, -0.2) is 30.8 Å². The van der Waals surface area contributed by atoms with Gasteiger partial charge in [0.1, 0.15) is 5.82 Å². The van der Waals surface area contributed by atoms with Crippen molar-refractivity contribution in [1.29, 1.82) is 0 Å². The molecule has 1 aromatic rings. The number of piperidine rings is 1. The summed E-state index contributed by atoms with van der Waals surface area (Å²) in [7, 11) is 0. The summed E-state index contributed by atoms with van der Waals surface area (Å²) in [4.78, 5) is 6.68. The number of ether oxygens (including phenoxy) is 1. The highest BCUT2D eigenvalue weighted by atomic mass is 16.5. The van der Waals surface area contributed by atoms with Crippen LogP contribution < -0.4 is 10.6 Å². The molecular formula is C15H23N3O. The van der Waals surface area contributed by atoms with Gasteiger partial charge in [0.05, 0.1) is 25.1 Å². The summed E-state index contributed by atoms with van der Waals surface area (Å²) in [5.41, 5.74) is 6.85. The maximum absolute atomic E-state index is 5.66. The minimum absolute atomic E-state index is 0.546. The number of hydrogen-bond acceptors (Lipinski definition) is 4. The van der Waals surface area contributed by atoms with Crippen molar-refractivity contribution in [3.63, 3.8) is 0 Å². The predicted molar refractivity (Wildman–Crippen MR) is 77.0 cm³/mol. The number of aromatic nitrogens is 1. The Labute approximate surface area is 115 Å². The van der Waals surface area contributed by atoms with Gasteiger partial charge in [-0.05, 0) is 37.3 Å². The topological polar surface area (TPSA) is 51.4 Å². The monoisotopic (exact) mass is 261 g/mol. The summed E-state index contributed by atoms with van der Waals surface area (Å²) < 4.78 is 5.36. The first kappa shape index (κ1) is 12.7. The van der Waals surface area contributed by atoms with Gasteiger partial charge in [-0.1, -0.05) is 6.92 Å². The van der Waals surface area contributed by atoms with Crippen molar-refractivity contribution < 1.29 is 4.74 Å². The van der Waals surface area contributed by atoms with Crippen LogP contribution >= 0.6 is 0 Å². The first-order valence-corrected chi connectivity index (χ1v) is 7.22. The van der Waals surface area contributed by atoms with Crippen LogP contribution in [0, 0.1) is 17.8 Å². The molecule has 2 N–H and O–H groups in total. The van der Waals surface area contributed by atoms with Crippen molar-refractivity contribution >= 4 is 11.5 Å². The summed E-state index contributed by atoms with van der Waals surface area (Å²) in [6, 6.07) is 4.52. The highest BCUT2D eigenvalue weighted by molar-refractivity contribution is 5.49. The number of hydrogen-bond donors (Lipinski definition) is 1. The van der Waals surface area contributed by atoms with E-state index < -0.39 is 0 Å². The largest absolute Gasteiger partial charge is 0.384 e. The third kappa shape index (κ3) is 2.29. The Bertz CT molecular complexity index is 430. The third-order valence-electron chi connectivity index (χ3n) is 5.00. The molecule has 2 fully saturated rings. The minimum atomic E-state index is 0.546. The summed E-state index contributed by atoms with van der Waals surface area (Å²) in [5, 5.41) is 0. The zero-order chi connectivity index (χ0) is 13.4. The first-order chi connectivity index (χ1) is 9.16. The lowest BCUT2D eigenvalue weighted by molar-refractivity contribution is -0.0788. The molecule has 0 amide bonds. The Hall–Kier alpha value is -1.29. The van der Waals surface area contributed by atoms with Gasteiger partial charge in [0.15, 0.2) is 0 Å². The fourth-order valence-corrected chi connectivity index (χ4v) is 3.49. The standard InChI is InChI=1S/C15H23N3O/c1-10-11(2)18(13-3-4-15(16)17-7-13)6-5-14(10)12-8-19-9-12/h3-4,7,10-12,14H,5-6,8-9H2,1-2H3,(H2,16,17)/t10-,11+,14?/m1/s1. The predicted octanol–water partition coefficient (Wildman–Crippen LogP) is 2.16. The van der Waals surface area contributed by atoms with Gasteiger partial charge in [-0.2, -0.15) is 0 Å². The van der Waals surface area contributed by atoms with Gasteiger partial charge in [-0.15, -0.1) is 0 Å². The maximum atomic E-state index is 5.66. The van der Waals surface area contributed by atoms with E-state index in [2.05, 4.69) is 29.8 Å². The van der Waals surface area contributed by atoms with Crippen molar-refractivity contribution in [3.8, 4) is 0 Å². The molecule has 2 aliphatic heterocycles. The molecule has 19 heavy (non-hydrogen) atoms. The lowest BCUT2D eigenvalue weighted by atomic mass is 9.73. The first-order valence-electron chi connectivity index (χ1n) is 7.22. The summed E-state index contributed by atoms with van der Waals surface area (Å²) in [6.07, 6.45) is 3.15. The molecule has 3 heterocycles. The van der Waals surface area contributed by atoms with E-state index in [1.807, 2.05) is 12.3 Å². The highest BCUT2D eigenvalue weighted by Gasteiger charge is 2.39. The Morgan fingerprint density at radius 2 is 2.11 bits per heavy atom. The van der Waals surface area contributed by atoms with E-state index >= 15 is 0 Å². The van der Waals surface area contributed by atoms with Crippen molar-refractivity contribution in [2.24, 2.45) is 17.8 Å². The lowest BCUT2D eigenvalue weighted by Gasteiger charge is -2.48. The summed E-state index contributed by atoms with van der Waals surface area (Å²) in [6.45, 7) is 7.74. The molecule has 0 spiro atoms. The van der Waals surface area contributed by atoms with Gasteiger partial charge >= 0.3 is 0 Å². The molecule has 0 aromatic carbocycles. The normalized spacial score (nSPS) is 32.1. The zero-order valence-corrected chi connectivity index (χ0v) is 11.7. The third-order valence-corrected chi connectivity index (χ3v) is 5.00. The second-order valence-electron chi connectivity index (χ2n) is 5.98. The number of nitrogens with zero attached hydrogens (tertiary/aromatic N) is 2. The fourth-order valence-electron chi connectivity index (χ4n) is 3.49. The Morgan fingerprint density at radius 1 is 1.32 bits per heavy atom.